The summed E-state index contributed by atoms with van der Waals surface area (Å²) in [7, 11) is 1.70. The molecule has 0 aliphatic rings. The number of aromatic nitrogens is 5. The third-order valence-electron chi connectivity index (χ3n) is 2.44. The van der Waals surface area contributed by atoms with E-state index in [0.717, 1.165) is 5.69 Å². The Morgan fingerprint density at radius 2 is 1.89 bits per heavy atom. The van der Waals surface area contributed by atoms with E-state index in [2.05, 4.69) is 35.8 Å². The number of amides is 1. The normalized spacial score (nSPS) is 10.1. The van der Waals surface area contributed by atoms with E-state index >= 15 is 0 Å². The first-order chi connectivity index (χ1) is 9.10. The van der Waals surface area contributed by atoms with Gasteiger partial charge in [0.15, 0.2) is 0 Å². The minimum absolute atomic E-state index is 0.143. The number of carbonyl (C=O) groups excluding carboxylic acids is 1. The predicted octanol–water partition coefficient (Wildman–Crippen LogP) is 0.572. The first kappa shape index (κ1) is 12.8. The Morgan fingerprint density at radius 1 is 1.11 bits per heavy atom. The maximum absolute atomic E-state index is 11.9. The van der Waals surface area contributed by atoms with E-state index in [9.17, 15) is 4.79 Å². The minimum Gasteiger partial charge on any atom is -0.372 e. The number of nitrogens with one attached hydrogen (secondary N) is 2. The molecule has 8 nitrogen and oxygen atoms in total. The van der Waals surface area contributed by atoms with Gasteiger partial charge in [0.25, 0.3) is 5.91 Å². The van der Waals surface area contributed by atoms with Crippen molar-refractivity contribution in [1.29, 1.82) is 0 Å². The van der Waals surface area contributed by atoms with Gasteiger partial charge in [0.2, 0.25) is 5.95 Å². The third kappa shape index (κ3) is 2.97. The molecule has 0 saturated carbocycles. The van der Waals surface area contributed by atoms with Gasteiger partial charge in [-0.3, -0.25) is 15.1 Å². The molecule has 0 bridgehead atoms. The molecule has 0 saturated heterocycles. The highest BCUT2D eigenvalue weighted by molar-refractivity contribution is 6.01. The number of hydrogen-bond donors (Lipinski definition) is 2. The fraction of sp³-hybridized carbons (Fsp3) is 0.273. The molecular weight excluding hydrogens is 246 g/mol. The Kier molecular flexibility index (Phi) is 3.60. The first-order valence-corrected chi connectivity index (χ1v) is 5.59. The van der Waals surface area contributed by atoms with Crippen LogP contribution in [0, 0.1) is 13.8 Å². The molecule has 0 atom stereocenters. The lowest BCUT2D eigenvalue weighted by Gasteiger charge is -2.05. The smallest absolute Gasteiger partial charge is 0.278 e. The molecular formula is C11H13N7O. The van der Waals surface area contributed by atoms with Crippen LogP contribution < -0.4 is 10.6 Å². The van der Waals surface area contributed by atoms with E-state index in [-0.39, 0.29) is 11.6 Å². The average Bonchev–Trinajstić information content (AvgIpc) is 2.43. The molecule has 0 aromatic carbocycles. The zero-order chi connectivity index (χ0) is 13.8. The molecule has 2 N–H and O–H groups in total. The summed E-state index contributed by atoms with van der Waals surface area (Å²) in [5.74, 6) is 0.214. The van der Waals surface area contributed by atoms with Gasteiger partial charge in [0.05, 0.1) is 23.8 Å². The lowest BCUT2D eigenvalue weighted by molar-refractivity contribution is 0.102. The van der Waals surface area contributed by atoms with Gasteiger partial charge >= 0.3 is 0 Å². The van der Waals surface area contributed by atoms with Gasteiger partial charge in [-0.05, 0) is 13.8 Å². The Labute approximate surface area is 109 Å². The lowest BCUT2D eigenvalue weighted by atomic mass is 10.4. The second-order valence-electron chi connectivity index (χ2n) is 3.80. The standard InChI is InChI=1S/C11H13N7O/c1-6-7(2)17-18-11(14-6)16-10(19)8-4-13-5-9(12-3)15-8/h4-5H,1-3H3,(H,12,15)(H,14,16,18,19). The monoisotopic (exact) mass is 259 g/mol. The maximum Gasteiger partial charge on any atom is 0.278 e. The number of aryl methyl sites for hydroxylation is 2. The molecule has 0 unspecified atom stereocenters. The molecule has 2 aromatic rings. The molecule has 2 rings (SSSR count). The number of rotatable bonds is 3. The van der Waals surface area contributed by atoms with Crippen LogP contribution in [-0.4, -0.2) is 38.1 Å². The lowest BCUT2D eigenvalue weighted by Crippen LogP contribution is -2.17. The first-order valence-electron chi connectivity index (χ1n) is 5.59. The highest BCUT2D eigenvalue weighted by atomic mass is 16.2. The zero-order valence-electron chi connectivity index (χ0n) is 10.8. The van der Waals surface area contributed by atoms with Crippen LogP contribution in [0.15, 0.2) is 12.4 Å². The molecule has 8 heteroatoms. The summed E-state index contributed by atoms with van der Waals surface area (Å²) < 4.78 is 0. The van der Waals surface area contributed by atoms with Crippen molar-refractivity contribution in [1.82, 2.24) is 25.1 Å². The van der Waals surface area contributed by atoms with Crippen molar-refractivity contribution in [2.45, 2.75) is 13.8 Å². The topological polar surface area (TPSA) is 106 Å². The van der Waals surface area contributed by atoms with Crippen LogP contribution in [0.25, 0.3) is 0 Å². The third-order valence-corrected chi connectivity index (χ3v) is 2.44. The summed E-state index contributed by atoms with van der Waals surface area (Å²) in [5, 5.41) is 13.0. The van der Waals surface area contributed by atoms with E-state index in [1.807, 2.05) is 0 Å². The van der Waals surface area contributed by atoms with Gasteiger partial charge in [0.1, 0.15) is 11.5 Å². The zero-order valence-corrected chi connectivity index (χ0v) is 10.8. The van der Waals surface area contributed by atoms with Crippen LogP contribution in [0.1, 0.15) is 21.9 Å². The van der Waals surface area contributed by atoms with Gasteiger partial charge in [-0.2, -0.15) is 5.10 Å². The summed E-state index contributed by atoms with van der Waals surface area (Å²) in [5.41, 5.74) is 1.60. The number of anilines is 2. The van der Waals surface area contributed by atoms with E-state index in [0.29, 0.717) is 11.5 Å². The van der Waals surface area contributed by atoms with Gasteiger partial charge in [-0.1, -0.05) is 0 Å². The number of hydrogen-bond acceptors (Lipinski definition) is 7. The van der Waals surface area contributed by atoms with Crippen molar-refractivity contribution in [2.75, 3.05) is 17.7 Å². The largest absolute Gasteiger partial charge is 0.372 e. The number of nitrogens with zero attached hydrogens (tertiary/aromatic N) is 5. The van der Waals surface area contributed by atoms with Crippen molar-refractivity contribution in [3.05, 3.63) is 29.5 Å². The van der Waals surface area contributed by atoms with Crippen LogP contribution in [0.4, 0.5) is 11.8 Å². The van der Waals surface area contributed by atoms with Crippen molar-refractivity contribution in [2.24, 2.45) is 0 Å². The van der Waals surface area contributed by atoms with Gasteiger partial charge < -0.3 is 5.32 Å². The minimum atomic E-state index is -0.436. The summed E-state index contributed by atoms with van der Waals surface area (Å²) in [4.78, 5) is 24.0. The molecule has 0 spiro atoms. The molecule has 0 aliphatic carbocycles. The second kappa shape index (κ2) is 5.34. The highest BCUT2D eigenvalue weighted by Crippen LogP contribution is 2.05. The van der Waals surface area contributed by atoms with Crippen LogP contribution >= 0.6 is 0 Å². The quantitative estimate of drug-likeness (QED) is 0.830. The van der Waals surface area contributed by atoms with Crippen LogP contribution in [-0.2, 0) is 0 Å². The van der Waals surface area contributed by atoms with Crippen molar-refractivity contribution in [3.63, 3.8) is 0 Å². The van der Waals surface area contributed by atoms with Crippen molar-refractivity contribution in [3.8, 4) is 0 Å². The summed E-state index contributed by atoms with van der Waals surface area (Å²) in [6, 6.07) is 0. The van der Waals surface area contributed by atoms with E-state index in [4.69, 9.17) is 0 Å². The summed E-state index contributed by atoms with van der Waals surface area (Å²) in [6.07, 6.45) is 2.88. The molecule has 0 radical (unpaired) electrons. The van der Waals surface area contributed by atoms with Crippen molar-refractivity contribution >= 4 is 17.7 Å². The average molecular weight is 259 g/mol. The van der Waals surface area contributed by atoms with E-state index in [1.165, 1.54) is 12.4 Å². The van der Waals surface area contributed by atoms with Gasteiger partial charge in [0, 0.05) is 7.05 Å². The van der Waals surface area contributed by atoms with Crippen LogP contribution in [0.5, 0.6) is 0 Å². The Balaban J connectivity index is 2.18. The Bertz CT molecular complexity index is 614. The summed E-state index contributed by atoms with van der Waals surface area (Å²) in [6.45, 7) is 3.59. The molecule has 0 aliphatic heterocycles. The highest BCUT2D eigenvalue weighted by Gasteiger charge is 2.11. The van der Waals surface area contributed by atoms with Crippen molar-refractivity contribution < 1.29 is 4.79 Å². The van der Waals surface area contributed by atoms with Gasteiger partial charge in [-0.15, -0.1) is 5.10 Å². The molecule has 0 fully saturated rings. The van der Waals surface area contributed by atoms with Crippen LogP contribution in [0.2, 0.25) is 0 Å². The Morgan fingerprint density at radius 3 is 2.58 bits per heavy atom. The molecule has 2 aromatic heterocycles. The molecule has 19 heavy (non-hydrogen) atoms. The van der Waals surface area contributed by atoms with E-state index < -0.39 is 5.91 Å². The molecule has 1 amide bonds. The van der Waals surface area contributed by atoms with Gasteiger partial charge in [-0.25, -0.2) is 9.97 Å². The molecule has 98 valence electrons. The second-order valence-corrected chi connectivity index (χ2v) is 3.80. The van der Waals surface area contributed by atoms with Crippen LogP contribution in [0.3, 0.4) is 0 Å². The fourth-order valence-corrected chi connectivity index (χ4v) is 1.27. The predicted molar refractivity (Wildman–Crippen MR) is 68.8 cm³/mol. The SMILES string of the molecule is CNc1cncc(C(=O)Nc2nnc(C)c(C)n2)n1. The summed E-state index contributed by atoms with van der Waals surface area (Å²) >= 11 is 0. The molecule has 2 heterocycles. The number of carbonyl (C=O) groups is 1. The fourth-order valence-electron chi connectivity index (χ4n) is 1.27. The maximum atomic E-state index is 11.9. The Hall–Kier alpha value is -2.64. The van der Waals surface area contributed by atoms with E-state index in [1.54, 1.807) is 20.9 Å².